The monoisotopic (exact) mass is 299 g/mol. The van der Waals surface area contributed by atoms with Gasteiger partial charge >= 0.3 is 5.97 Å². The van der Waals surface area contributed by atoms with Gasteiger partial charge in [-0.3, -0.25) is 9.48 Å². The van der Waals surface area contributed by atoms with E-state index in [1.54, 1.807) is 20.0 Å². The molecule has 3 rings (SSSR count). The number of hydrogen-bond donors (Lipinski definition) is 1. The van der Waals surface area contributed by atoms with Crippen LogP contribution in [0.3, 0.4) is 0 Å². The van der Waals surface area contributed by atoms with Gasteiger partial charge in [-0.2, -0.15) is 5.10 Å². The molecule has 1 amide bonds. The quantitative estimate of drug-likeness (QED) is 0.909. The van der Waals surface area contributed by atoms with Gasteiger partial charge in [0.2, 0.25) is 0 Å². The topological polar surface area (TPSA) is 75.4 Å². The lowest BCUT2D eigenvalue weighted by Crippen LogP contribution is -2.49. The minimum Gasteiger partial charge on any atom is -0.480 e. The van der Waals surface area contributed by atoms with Crippen molar-refractivity contribution >= 4 is 11.9 Å². The molecule has 1 aromatic carbocycles. The van der Waals surface area contributed by atoms with Crippen LogP contribution in [0, 0.1) is 6.92 Å². The Kier molecular flexibility index (Phi) is 3.44. The summed E-state index contributed by atoms with van der Waals surface area (Å²) in [5.41, 5.74) is 3.12. The molecule has 0 unspecified atom stereocenters. The van der Waals surface area contributed by atoms with Crippen molar-refractivity contribution in [1.82, 2.24) is 14.7 Å². The summed E-state index contributed by atoms with van der Waals surface area (Å²) in [6.07, 6.45) is 0.327. The van der Waals surface area contributed by atoms with Crippen molar-refractivity contribution in [3.8, 4) is 0 Å². The fourth-order valence-corrected chi connectivity index (χ4v) is 2.91. The second-order valence-electron chi connectivity index (χ2n) is 5.55. The molecular formula is C16H17N3O3. The predicted octanol–water partition coefficient (Wildman–Crippen LogP) is 1.38. The highest BCUT2D eigenvalue weighted by Gasteiger charge is 2.35. The van der Waals surface area contributed by atoms with Crippen molar-refractivity contribution < 1.29 is 14.7 Å². The average Bonchev–Trinajstić information content (AvgIpc) is 2.83. The normalized spacial score (nSPS) is 17.2. The number of carboxylic acid groups (broad SMARTS) is 1. The van der Waals surface area contributed by atoms with Gasteiger partial charge in [0.05, 0.1) is 5.69 Å². The van der Waals surface area contributed by atoms with Gasteiger partial charge in [0.1, 0.15) is 11.7 Å². The Morgan fingerprint density at radius 1 is 1.27 bits per heavy atom. The standard InChI is InChI=1S/C16H17N3O3/c1-10-7-13(18(2)17-10)15(20)19-9-12-6-4-3-5-11(12)8-14(19)16(21)22/h3-7,14H,8-9H2,1-2H3,(H,21,22)/t14-/m1/s1. The Bertz CT molecular complexity index is 751. The van der Waals surface area contributed by atoms with E-state index in [4.69, 9.17) is 0 Å². The van der Waals surface area contributed by atoms with E-state index < -0.39 is 12.0 Å². The van der Waals surface area contributed by atoms with E-state index in [0.717, 1.165) is 16.8 Å². The molecule has 0 fully saturated rings. The van der Waals surface area contributed by atoms with Crippen molar-refractivity contribution in [1.29, 1.82) is 0 Å². The number of carboxylic acids is 1. The van der Waals surface area contributed by atoms with Gasteiger partial charge in [-0.05, 0) is 24.1 Å². The lowest BCUT2D eigenvalue weighted by Gasteiger charge is -2.34. The Hall–Kier alpha value is -2.63. The third kappa shape index (κ3) is 2.36. The number of hydrogen-bond acceptors (Lipinski definition) is 3. The molecule has 0 spiro atoms. The molecular weight excluding hydrogens is 282 g/mol. The van der Waals surface area contributed by atoms with Crippen molar-refractivity contribution in [2.45, 2.75) is 25.9 Å². The van der Waals surface area contributed by atoms with Crippen LogP contribution in [0.2, 0.25) is 0 Å². The highest BCUT2D eigenvalue weighted by Crippen LogP contribution is 2.25. The molecule has 1 atom stereocenters. The van der Waals surface area contributed by atoms with Crippen LogP contribution in [-0.2, 0) is 24.8 Å². The van der Waals surface area contributed by atoms with Gasteiger partial charge in [0, 0.05) is 20.0 Å². The van der Waals surface area contributed by atoms with Crippen LogP contribution in [0.1, 0.15) is 27.3 Å². The first-order valence-electron chi connectivity index (χ1n) is 7.08. The number of rotatable bonds is 2. The van der Waals surface area contributed by atoms with Gasteiger partial charge in [0.15, 0.2) is 0 Å². The van der Waals surface area contributed by atoms with E-state index in [1.165, 1.54) is 9.58 Å². The van der Waals surface area contributed by atoms with E-state index in [9.17, 15) is 14.7 Å². The number of fused-ring (bicyclic) bond motifs is 1. The fourth-order valence-electron chi connectivity index (χ4n) is 2.91. The average molecular weight is 299 g/mol. The van der Waals surface area contributed by atoms with Crippen LogP contribution < -0.4 is 0 Å². The highest BCUT2D eigenvalue weighted by atomic mass is 16.4. The molecule has 1 aliphatic heterocycles. The predicted molar refractivity (Wildman–Crippen MR) is 79.4 cm³/mol. The third-order valence-corrected chi connectivity index (χ3v) is 4.02. The Morgan fingerprint density at radius 2 is 1.95 bits per heavy atom. The first kappa shape index (κ1) is 14.3. The van der Waals surface area contributed by atoms with Gasteiger partial charge < -0.3 is 10.0 Å². The minimum atomic E-state index is -0.984. The van der Waals surface area contributed by atoms with E-state index in [0.29, 0.717) is 18.7 Å². The summed E-state index contributed by atoms with van der Waals surface area (Å²) in [6, 6.07) is 8.47. The van der Waals surface area contributed by atoms with E-state index in [2.05, 4.69) is 5.10 Å². The fraction of sp³-hybridized carbons (Fsp3) is 0.312. The SMILES string of the molecule is Cc1cc(C(=O)N2Cc3ccccc3C[C@@H]2C(=O)O)n(C)n1. The maximum Gasteiger partial charge on any atom is 0.326 e. The van der Waals surface area contributed by atoms with Crippen molar-refractivity contribution in [3.63, 3.8) is 0 Å². The zero-order chi connectivity index (χ0) is 15.9. The largest absolute Gasteiger partial charge is 0.480 e. The maximum absolute atomic E-state index is 12.8. The summed E-state index contributed by atoms with van der Waals surface area (Å²) in [5, 5.41) is 13.7. The number of aliphatic carboxylic acids is 1. The molecule has 1 aliphatic rings. The van der Waals surface area contributed by atoms with Crippen LogP contribution in [0.5, 0.6) is 0 Å². The first-order valence-corrected chi connectivity index (χ1v) is 7.08. The minimum absolute atomic E-state index is 0.301. The molecule has 2 aromatic rings. The smallest absolute Gasteiger partial charge is 0.326 e. The molecule has 6 nitrogen and oxygen atoms in total. The van der Waals surface area contributed by atoms with Crippen molar-refractivity contribution in [2.24, 2.45) is 7.05 Å². The van der Waals surface area contributed by atoms with E-state index in [1.807, 2.05) is 24.3 Å². The summed E-state index contributed by atoms with van der Waals surface area (Å²) in [6.45, 7) is 2.10. The number of aromatic nitrogens is 2. The lowest BCUT2D eigenvalue weighted by molar-refractivity contribution is -0.142. The third-order valence-electron chi connectivity index (χ3n) is 4.02. The lowest BCUT2D eigenvalue weighted by atomic mass is 9.93. The summed E-state index contributed by atoms with van der Waals surface area (Å²) < 4.78 is 1.50. The molecule has 1 N–H and O–H groups in total. The van der Waals surface area contributed by atoms with Crippen molar-refractivity contribution in [2.75, 3.05) is 0 Å². The maximum atomic E-state index is 12.8. The van der Waals surface area contributed by atoms with Crippen LogP contribution >= 0.6 is 0 Å². The molecule has 0 radical (unpaired) electrons. The van der Waals surface area contributed by atoms with E-state index >= 15 is 0 Å². The molecule has 22 heavy (non-hydrogen) atoms. The summed E-state index contributed by atoms with van der Waals surface area (Å²) in [7, 11) is 1.69. The number of benzene rings is 1. The molecule has 0 bridgehead atoms. The molecule has 1 aromatic heterocycles. The van der Waals surface area contributed by atoms with Gasteiger partial charge in [0.25, 0.3) is 5.91 Å². The summed E-state index contributed by atoms with van der Waals surface area (Å²) >= 11 is 0. The van der Waals surface area contributed by atoms with Gasteiger partial charge in [-0.15, -0.1) is 0 Å². The number of carbonyl (C=O) groups excluding carboxylic acids is 1. The molecule has 0 saturated carbocycles. The van der Waals surface area contributed by atoms with Crippen molar-refractivity contribution in [3.05, 3.63) is 52.8 Å². The molecule has 0 saturated heterocycles. The Balaban J connectivity index is 1.99. The Labute approximate surface area is 128 Å². The number of nitrogens with zero attached hydrogens (tertiary/aromatic N) is 3. The zero-order valence-corrected chi connectivity index (χ0v) is 12.5. The first-order chi connectivity index (χ1) is 10.5. The van der Waals surface area contributed by atoms with Gasteiger partial charge in [-0.25, -0.2) is 4.79 Å². The number of aryl methyl sites for hydroxylation is 2. The number of amides is 1. The van der Waals surface area contributed by atoms with Crippen LogP contribution in [0.4, 0.5) is 0 Å². The van der Waals surface area contributed by atoms with Crippen LogP contribution in [-0.4, -0.2) is 37.7 Å². The van der Waals surface area contributed by atoms with Crippen LogP contribution in [0.25, 0.3) is 0 Å². The van der Waals surface area contributed by atoms with E-state index in [-0.39, 0.29) is 5.91 Å². The molecule has 0 aliphatic carbocycles. The Morgan fingerprint density at radius 3 is 2.55 bits per heavy atom. The molecule has 6 heteroatoms. The highest BCUT2D eigenvalue weighted by molar-refractivity contribution is 5.95. The summed E-state index contributed by atoms with van der Waals surface area (Å²) in [4.78, 5) is 25.8. The summed E-state index contributed by atoms with van der Waals surface area (Å²) in [5.74, 6) is -1.29. The second-order valence-corrected chi connectivity index (χ2v) is 5.55. The molecule has 2 heterocycles. The van der Waals surface area contributed by atoms with Crippen LogP contribution in [0.15, 0.2) is 30.3 Å². The second kappa shape index (κ2) is 5.29. The number of carbonyl (C=O) groups is 2. The van der Waals surface area contributed by atoms with Gasteiger partial charge in [-0.1, -0.05) is 24.3 Å². The zero-order valence-electron chi connectivity index (χ0n) is 12.5. The molecule has 114 valence electrons.